The van der Waals surface area contributed by atoms with Gasteiger partial charge in [0.05, 0.1) is 18.7 Å². The fourth-order valence-corrected chi connectivity index (χ4v) is 4.50. The molecule has 152 valence electrons. The van der Waals surface area contributed by atoms with Crippen LogP contribution in [0, 0.1) is 25.2 Å². The maximum absolute atomic E-state index is 12.1. The molecule has 3 rings (SSSR count). The van der Waals surface area contributed by atoms with Crippen molar-refractivity contribution >= 4 is 34.6 Å². The van der Waals surface area contributed by atoms with Crippen molar-refractivity contribution in [1.29, 1.82) is 5.41 Å². The normalized spacial score (nSPS) is 12.0. The second kappa shape index (κ2) is 8.88. The number of aryl methyl sites for hydroxylation is 2. The van der Waals surface area contributed by atoms with Crippen LogP contribution in [-0.4, -0.2) is 33.6 Å². The smallest absolute Gasteiger partial charge is 0.309 e. The van der Waals surface area contributed by atoms with E-state index in [1.807, 2.05) is 42.9 Å². The van der Waals surface area contributed by atoms with E-state index in [-0.39, 0.29) is 11.9 Å². The summed E-state index contributed by atoms with van der Waals surface area (Å²) in [6, 6.07) is 7.25. The zero-order valence-electron chi connectivity index (χ0n) is 16.8. The molecule has 2 aromatic heterocycles. The average Bonchev–Trinajstić information content (AvgIpc) is 3.27. The van der Waals surface area contributed by atoms with Crippen molar-refractivity contribution in [3.63, 3.8) is 0 Å². The van der Waals surface area contributed by atoms with Crippen LogP contribution in [0.15, 0.2) is 29.6 Å². The van der Waals surface area contributed by atoms with Gasteiger partial charge in [-0.3, -0.25) is 14.8 Å². The zero-order chi connectivity index (χ0) is 21.1. The van der Waals surface area contributed by atoms with Gasteiger partial charge < -0.3 is 4.74 Å². The Kier molecular flexibility index (Phi) is 6.49. The number of halogens is 1. The molecule has 0 aliphatic carbocycles. The lowest BCUT2D eigenvalue weighted by Crippen LogP contribution is -2.20. The van der Waals surface area contributed by atoms with Crippen LogP contribution in [0.1, 0.15) is 41.7 Å². The van der Waals surface area contributed by atoms with Crippen molar-refractivity contribution in [3.8, 4) is 5.00 Å². The molecular weight excluding hydrogens is 408 g/mol. The van der Waals surface area contributed by atoms with Gasteiger partial charge in [0.25, 0.3) is 0 Å². The van der Waals surface area contributed by atoms with E-state index >= 15 is 0 Å². The van der Waals surface area contributed by atoms with Crippen LogP contribution >= 0.6 is 22.9 Å². The summed E-state index contributed by atoms with van der Waals surface area (Å²) in [5.74, 6) is 0.859. The number of benzene rings is 1. The molecule has 0 aliphatic heterocycles. The van der Waals surface area contributed by atoms with Crippen molar-refractivity contribution in [2.24, 2.45) is 5.92 Å². The Hall–Kier alpha value is -2.51. The molecule has 29 heavy (non-hydrogen) atoms. The Balaban J connectivity index is 2.05. The van der Waals surface area contributed by atoms with Gasteiger partial charge >= 0.3 is 5.97 Å². The van der Waals surface area contributed by atoms with Crippen LogP contribution in [0.5, 0.6) is 0 Å². The Morgan fingerprint density at radius 3 is 2.59 bits per heavy atom. The van der Waals surface area contributed by atoms with E-state index in [9.17, 15) is 4.79 Å². The number of thiophene rings is 1. The third kappa shape index (κ3) is 4.26. The number of carbonyl (C=O) groups excluding carboxylic acids is 1. The maximum atomic E-state index is 12.1. The molecule has 0 bridgehead atoms. The monoisotopic (exact) mass is 430 g/mol. The average molecular weight is 431 g/mol. The van der Waals surface area contributed by atoms with Crippen molar-refractivity contribution in [2.45, 2.75) is 33.6 Å². The molecule has 0 spiro atoms. The Labute approximate surface area is 179 Å². The van der Waals surface area contributed by atoms with Crippen molar-refractivity contribution in [2.75, 3.05) is 7.11 Å². The number of hydrogen-bond donors (Lipinski definition) is 1. The standard InChI is InChI=1S/C21H23ClN4O2S/c1-5-14(21(27)28-4)10-17-25-24-13(3)26(17)20-18(12(2)11-29-20)19(23)15-6-8-16(22)9-7-15/h6-9,11,14,23H,5,10H2,1-4H3. The summed E-state index contributed by atoms with van der Waals surface area (Å²) in [6.45, 7) is 5.81. The summed E-state index contributed by atoms with van der Waals surface area (Å²) >= 11 is 7.54. The summed E-state index contributed by atoms with van der Waals surface area (Å²) in [4.78, 5) is 12.1. The lowest BCUT2D eigenvalue weighted by Gasteiger charge is -2.15. The van der Waals surface area contributed by atoms with Gasteiger partial charge in [-0.05, 0) is 43.3 Å². The van der Waals surface area contributed by atoms with Crippen LogP contribution in [0.3, 0.4) is 0 Å². The summed E-state index contributed by atoms with van der Waals surface area (Å²) in [5, 5.41) is 20.9. The summed E-state index contributed by atoms with van der Waals surface area (Å²) < 4.78 is 6.87. The van der Waals surface area contributed by atoms with Gasteiger partial charge in [0.1, 0.15) is 16.6 Å². The second-order valence-electron chi connectivity index (χ2n) is 6.81. The summed E-state index contributed by atoms with van der Waals surface area (Å²) in [6.07, 6.45) is 1.07. The predicted molar refractivity (Wildman–Crippen MR) is 116 cm³/mol. The number of methoxy groups -OCH3 is 1. The third-order valence-electron chi connectivity index (χ3n) is 4.89. The van der Waals surface area contributed by atoms with E-state index in [2.05, 4.69) is 10.2 Å². The van der Waals surface area contributed by atoms with Crippen LogP contribution in [0.2, 0.25) is 5.02 Å². The molecule has 3 aromatic rings. The van der Waals surface area contributed by atoms with Crippen LogP contribution < -0.4 is 0 Å². The molecule has 6 nitrogen and oxygen atoms in total. The first-order valence-corrected chi connectivity index (χ1v) is 10.5. The van der Waals surface area contributed by atoms with E-state index in [4.69, 9.17) is 21.7 Å². The molecule has 1 atom stereocenters. The number of esters is 1. The highest BCUT2D eigenvalue weighted by Gasteiger charge is 2.25. The second-order valence-corrected chi connectivity index (χ2v) is 8.11. The number of hydrogen-bond acceptors (Lipinski definition) is 6. The third-order valence-corrected chi connectivity index (χ3v) is 6.22. The molecule has 0 saturated carbocycles. The van der Waals surface area contributed by atoms with Crippen LogP contribution in [0.25, 0.3) is 5.00 Å². The number of nitrogens with zero attached hydrogens (tertiary/aromatic N) is 3. The van der Waals surface area contributed by atoms with Crippen LogP contribution in [0.4, 0.5) is 0 Å². The molecule has 0 saturated heterocycles. The minimum absolute atomic E-state index is 0.254. The number of nitrogens with one attached hydrogen (secondary N) is 1. The van der Waals surface area contributed by atoms with Crippen LogP contribution in [-0.2, 0) is 16.0 Å². The first-order chi connectivity index (χ1) is 13.9. The van der Waals surface area contributed by atoms with Gasteiger partial charge in [-0.2, -0.15) is 0 Å². The highest BCUT2D eigenvalue weighted by Crippen LogP contribution is 2.31. The number of ether oxygens (including phenoxy) is 1. The van der Waals surface area contributed by atoms with Crippen molar-refractivity contribution < 1.29 is 9.53 Å². The largest absolute Gasteiger partial charge is 0.469 e. The van der Waals surface area contributed by atoms with Gasteiger partial charge in [-0.1, -0.05) is 30.7 Å². The molecular formula is C21H23ClN4O2S. The molecule has 0 aliphatic rings. The van der Waals surface area contributed by atoms with Gasteiger partial charge in [0.2, 0.25) is 0 Å². The zero-order valence-corrected chi connectivity index (χ0v) is 18.4. The fourth-order valence-electron chi connectivity index (χ4n) is 3.24. The predicted octanol–water partition coefficient (Wildman–Crippen LogP) is 4.76. The molecule has 0 amide bonds. The lowest BCUT2D eigenvalue weighted by atomic mass is 10.0. The Morgan fingerprint density at radius 2 is 1.97 bits per heavy atom. The van der Waals surface area contributed by atoms with Gasteiger partial charge in [0, 0.05) is 22.6 Å². The summed E-state index contributed by atoms with van der Waals surface area (Å²) in [7, 11) is 1.40. The fraction of sp³-hybridized carbons (Fsp3) is 0.333. The number of rotatable bonds is 7. The molecule has 1 aromatic carbocycles. The van der Waals surface area contributed by atoms with E-state index in [1.165, 1.54) is 18.4 Å². The molecule has 0 fully saturated rings. The Morgan fingerprint density at radius 1 is 1.28 bits per heavy atom. The lowest BCUT2D eigenvalue weighted by molar-refractivity contribution is -0.145. The van der Waals surface area contributed by atoms with Gasteiger partial charge in [0.15, 0.2) is 0 Å². The van der Waals surface area contributed by atoms with E-state index in [0.29, 0.717) is 35.2 Å². The van der Waals surface area contributed by atoms with E-state index in [0.717, 1.165) is 21.7 Å². The minimum Gasteiger partial charge on any atom is -0.469 e. The number of aromatic nitrogens is 3. The van der Waals surface area contributed by atoms with Crippen molar-refractivity contribution in [3.05, 3.63) is 63.0 Å². The Bertz CT molecular complexity index is 1040. The highest BCUT2D eigenvalue weighted by atomic mass is 35.5. The number of carbonyl (C=O) groups is 1. The first kappa shape index (κ1) is 21.2. The van der Waals surface area contributed by atoms with E-state index in [1.54, 1.807) is 12.1 Å². The topological polar surface area (TPSA) is 80.9 Å². The van der Waals surface area contributed by atoms with Crippen molar-refractivity contribution in [1.82, 2.24) is 14.8 Å². The molecule has 1 unspecified atom stereocenters. The molecule has 1 N–H and O–H groups in total. The molecule has 0 radical (unpaired) electrons. The van der Waals surface area contributed by atoms with Gasteiger partial charge in [-0.15, -0.1) is 21.5 Å². The molecule has 2 heterocycles. The maximum Gasteiger partial charge on any atom is 0.309 e. The SMILES string of the molecule is CCC(Cc1nnc(C)n1-c1scc(C)c1C(=N)c1ccc(Cl)cc1)C(=O)OC. The minimum atomic E-state index is -0.289. The molecule has 8 heteroatoms. The summed E-state index contributed by atoms with van der Waals surface area (Å²) in [5.41, 5.74) is 3.02. The first-order valence-electron chi connectivity index (χ1n) is 9.29. The van der Waals surface area contributed by atoms with Gasteiger partial charge in [-0.25, -0.2) is 0 Å². The van der Waals surface area contributed by atoms with E-state index < -0.39 is 0 Å². The quantitative estimate of drug-likeness (QED) is 0.433. The highest BCUT2D eigenvalue weighted by molar-refractivity contribution is 7.13.